The topological polar surface area (TPSA) is 75.2 Å². The highest BCUT2D eigenvalue weighted by Gasteiger charge is 2.15. The molecule has 0 fully saturated rings. The van der Waals surface area contributed by atoms with Gasteiger partial charge in [-0.2, -0.15) is 4.98 Å². The first-order valence-corrected chi connectivity index (χ1v) is 6.60. The van der Waals surface area contributed by atoms with Crippen molar-refractivity contribution in [2.75, 3.05) is 6.79 Å². The molecule has 0 saturated carbocycles. The maximum Gasteiger partial charge on any atom is 0.278 e. The Hall–Kier alpha value is -2.83. The minimum absolute atomic E-state index is 0.260. The van der Waals surface area contributed by atoms with Crippen LogP contribution in [0.4, 0.5) is 0 Å². The van der Waals surface area contributed by atoms with Crippen molar-refractivity contribution in [3.8, 4) is 28.8 Å². The molecule has 3 heterocycles. The average molecular weight is 284 g/mol. The fourth-order valence-electron chi connectivity index (χ4n) is 2.12. The summed E-state index contributed by atoms with van der Waals surface area (Å²) in [5, 5.41) is 3.87. The van der Waals surface area contributed by atoms with Gasteiger partial charge in [-0.25, -0.2) is 4.98 Å². The second-order valence-corrected chi connectivity index (χ2v) is 4.57. The molecule has 0 bridgehead atoms. The van der Waals surface area contributed by atoms with Crippen LogP contribution in [-0.4, -0.2) is 26.5 Å². The number of hydrogen-bond donors (Lipinski definition) is 0. The number of nitrogens with zero attached hydrogens (tertiary/aromatic N) is 4. The van der Waals surface area contributed by atoms with Crippen molar-refractivity contribution >= 4 is 0 Å². The first-order chi connectivity index (χ1) is 10.3. The van der Waals surface area contributed by atoms with Crippen molar-refractivity contribution in [2.45, 2.75) is 13.3 Å². The minimum atomic E-state index is 0.260. The lowest BCUT2D eigenvalue weighted by Gasteiger charge is -2.02. The predicted octanol–water partition coefficient (Wildman–Crippen LogP) is 2.21. The van der Waals surface area contributed by atoms with Gasteiger partial charge in [0.1, 0.15) is 12.0 Å². The second-order valence-electron chi connectivity index (χ2n) is 4.57. The van der Waals surface area contributed by atoms with Gasteiger partial charge in [-0.15, -0.1) is 0 Å². The van der Waals surface area contributed by atoms with E-state index in [9.17, 15) is 0 Å². The molecule has 3 aromatic rings. The van der Waals surface area contributed by atoms with Crippen molar-refractivity contribution in [3.05, 3.63) is 36.5 Å². The lowest BCUT2D eigenvalue weighted by molar-refractivity contribution is 0.174. The van der Waals surface area contributed by atoms with Crippen molar-refractivity contribution in [3.63, 3.8) is 0 Å². The standard InChI is InChI=1S/C14H12N4O3/c1-2-13-16-14(21-17-13)10-6-18(7-15-10)9-3-4-11-12(5-9)20-8-19-11/h3-7H,2,8H2,1H3. The third kappa shape index (κ3) is 2.03. The maximum atomic E-state index is 5.37. The Morgan fingerprint density at radius 2 is 2.14 bits per heavy atom. The first kappa shape index (κ1) is 12.0. The van der Waals surface area contributed by atoms with Crippen LogP contribution < -0.4 is 9.47 Å². The number of aromatic nitrogens is 4. The third-order valence-corrected chi connectivity index (χ3v) is 3.24. The molecular formula is C14H12N4O3. The first-order valence-electron chi connectivity index (χ1n) is 6.60. The molecule has 0 amide bonds. The summed E-state index contributed by atoms with van der Waals surface area (Å²) in [5.74, 6) is 2.58. The van der Waals surface area contributed by atoms with E-state index in [1.165, 1.54) is 0 Å². The van der Waals surface area contributed by atoms with Crippen LogP contribution in [0.15, 0.2) is 35.2 Å². The molecule has 7 nitrogen and oxygen atoms in total. The molecule has 0 unspecified atom stereocenters. The van der Waals surface area contributed by atoms with Crippen molar-refractivity contribution in [1.29, 1.82) is 0 Å². The molecule has 21 heavy (non-hydrogen) atoms. The smallest absolute Gasteiger partial charge is 0.278 e. The van der Waals surface area contributed by atoms with Crippen LogP contribution >= 0.6 is 0 Å². The highest BCUT2D eigenvalue weighted by molar-refractivity contribution is 5.52. The van der Waals surface area contributed by atoms with Crippen LogP contribution in [0.3, 0.4) is 0 Å². The lowest BCUT2D eigenvalue weighted by atomic mass is 10.3. The van der Waals surface area contributed by atoms with E-state index >= 15 is 0 Å². The lowest BCUT2D eigenvalue weighted by Crippen LogP contribution is -1.93. The van der Waals surface area contributed by atoms with Crippen molar-refractivity contribution in [2.24, 2.45) is 0 Å². The summed E-state index contributed by atoms with van der Waals surface area (Å²) >= 11 is 0. The maximum absolute atomic E-state index is 5.37. The number of rotatable bonds is 3. The molecule has 0 spiro atoms. The zero-order valence-electron chi connectivity index (χ0n) is 11.3. The third-order valence-electron chi connectivity index (χ3n) is 3.24. The predicted molar refractivity (Wildman–Crippen MR) is 72.4 cm³/mol. The van der Waals surface area contributed by atoms with E-state index in [-0.39, 0.29) is 6.79 Å². The molecule has 4 rings (SSSR count). The van der Waals surface area contributed by atoms with E-state index < -0.39 is 0 Å². The molecule has 2 aromatic heterocycles. The van der Waals surface area contributed by atoms with Crippen molar-refractivity contribution in [1.82, 2.24) is 19.7 Å². The zero-order chi connectivity index (χ0) is 14.2. The average Bonchev–Trinajstić information content (AvgIpc) is 3.24. The molecular weight excluding hydrogens is 272 g/mol. The van der Waals surface area contributed by atoms with Gasteiger partial charge in [-0.1, -0.05) is 12.1 Å². The van der Waals surface area contributed by atoms with Crippen LogP contribution in [0.2, 0.25) is 0 Å². The Kier molecular flexibility index (Phi) is 2.63. The van der Waals surface area contributed by atoms with Crippen LogP contribution in [0, 0.1) is 0 Å². The number of aryl methyl sites for hydroxylation is 1. The van der Waals surface area contributed by atoms with Gasteiger partial charge in [0.15, 0.2) is 17.3 Å². The van der Waals surface area contributed by atoms with Gasteiger partial charge in [0, 0.05) is 18.7 Å². The molecule has 0 atom stereocenters. The zero-order valence-corrected chi connectivity index (χ0v) is 11.3. The van der Waals surface area contributed by atoms with Crippen LogP contribution in [0.5, 0.6) is 11.5 Å². The molecule has 0 aliphatic carbocycles. The van der Waals surface area contributed by atoms with E-state index in [0.717, 1.165) is 23.6 Å². The second kappa shape index (κ2) is 4.62. The van der Waals surface area contributed by atoms with Crippen molar-refractivity contribution < 1.29 is 14.0 Å². The van der Waals surface area contributed by atoms with Gasteiger partial charge >= 0.3 is 0 Å². The molecule has 0 saturated heterocycles. The molecule has 106 valence electrons. The van der Waals surface area contributed by atoms with Gasteiger partial charge in [-0.05, 0) is 12.1 Å². The van der Waals surface area contributed by atoms with Gasteiger partial charge in [-0.3, -0.25) is 0 Å². The number of fused-ring (bicyclic) bond motifs is 1. The molecule has 7 heteroatoms. The summed E-state index contributed by atoms with van der Waals surface area (Å²) in [7, 11) is 0. The highest BCUT2D eigenvalue weighted by atomic mass is 16.7. The van der Waals surface area contributed by atoms with Gasteiger partial charge in [0.05, 0.1) is 5.69 Å². The Morgan fingerprint density at radius 3 is 3.00 bits per heavy atom. The molecule has 1 aliphatic rings. The van der Waals surface area contributed by atoms with Gasteiger partial charge < -0.3 is 18.6 Å². The monoisotopic (exact) mass is 284 g/mol. The highest BCUT2D eigenvalue weighted by Crippen LogP contribution is 2.33. The van der Waals surface area contributed by atoms with E-state index in [2.05, 4.69) is 15.1 Å². The number of ether oxygens (including phenoxy) is 2. The van der Waals surface area contributed by atoms with Crippen LogP contribution in [0.1, 0.15) is 12.7 Å². The summed E-state index contributed by atoms with van der Waals surface area (Å²) in [4.78, 5) is 8.56. The Labute approximate surface area is 120 Å². The van der Waals surface area contributed by atoms with E-state index in [0.29, 0.717) is 17.4 Å². The quantitative estimate of drug-likeness (QED) is 0.734. The Bertz CT molecular complexity index is 793. The summed E-state index contributed by atoms with van der Waals surface area (Å²) in [5.41, 5.74) is 1.56. The van der Waals surface area contributed by atoms with Crippen LogP contribution in [0.25, 0.3) is 17.3 Å². The molecule has 0 radical (unpaired) electrons. The Balaban J connectivity index is 1.67. The number of imidazole rings is 1. The fourth-order valence-corrected chi connectivity index (χ4v) is 2.12. The van der Waals surface area contributed by atoms with E-state index in [1.807, 2.05) is 35.9 Å². The van der Waals surface area contributed by atoms with Gasteiger partial charge in [0.2, 0.25) is 6.79 Å². The molecule has 1 aromatic carbocycles. The summed E-state index contributed by atoms with van der Waals surface area (Å²) in [6, 6.07) is 5.71. The Morgan fingerprint density at radius 1 is 1.24 bits per heavy atom. The summed E-state index contributed by atoms with van der Waals surface area (Å²) in [6.07, 6.45) is 4.26. The SMILES string of the molecule is CCc1noc(-c2cn(-c3ccc4c(c3)OCO4)cn2)n1. The summed E-state index contributed by atoms with van der Waals surface area (Å²) in [6.45, 7) is 2.23. The van der Waals surface area contributed by atoms with E-state index in [4.69, 9.17) is 14.0 Å². The van der Waals surface area contributed by atoms with E-state index in [1.54, 1.807) is 6.33 Å². The molecule has 0 N–H and O–H groups in total. The minimum Gasteiger partial charge on any atom is -0.454 e. The number of benzene rings is 1. The fraction of sp³-hybridized carbons (Fsp3) is 0.214. The normalized spacial score (nSPS) is 12.8. The number of hydrogen-bond acceptors (Lipinski definition) is 6. The largest absolute Gasteiger partial charge is 0.454 e. The van der Waals surface area contributed by atoms with Gasteiger partial charge in [0.25, 0.3) is 5.89 Å². The summed E-state index contributed by atoms with van der Waals surface area (Å²) < 4.78 is 17.7. The molecule has 1 aliphatic heterocycles. The van der Waals surface area contributed by atoms with Crippen LogP contribution in [-0.2, 0) is 6.42 Å².